The van der Waals surface area contributed by atoms with Crippen molar-refractivity contribution in [2.75, 3.05) is 6.61 Å². The minimum atomic E-state index is 0.172. The van der Waals surface area contributed by atoms with Crippen LogP contribution in [0.5, 0.6) is 0 Å². The maximum atomic E-state index is 9.06. The summed E-state index contributed by atoms with van der Waals surface area (Å²) in [6.07, 6.45) is 1.46. The van der Waals surface area contributed by atoms with E-state index in [0.717, 1.165) is 34.8 Å². The summed E-state index contributed by atoms with van der Waals surface area (Å²) in [6, 6.07) is 22.1. The summed E-state index contributed by atoms with van der Waals surface area (Å²) in [7, 11) is 0. The van der Waals surface area contributed by atoms with Crippen LogP contribution >= 0.6 is 0 Å². The fourth-order valence-corrected chi connectivity index (χ4v) is 2.36. The fourth-order valence-electron chi connectivity index (χ4n) is 2.36. The van der Waals surface area contributed by atoms with Crippen molar-refractivity contribution in [2.24, 2.45) is 0 Å². The van der Waals surface area contributed by atoms with E-state index in [1.165, 1.54) is 0 Å². The highest BCUT2D eigenvalue weighted by molar-refractivity contribution is 5.64. The van der Waals surface area contributed by atoms with Crippen LogP contribution in [0.4, 0.5) is 0 Å². The lowest BCUT2D eigenvalue weighted by molar-refractivity contribution is 0.288. The summed E-state index contributed by atoms with van der Waals surface area (Å²) in [5, 5.41) is 9.06. The molecule has 110 valence electrons. The smallest absolute Gasteiger partial charge is 0.160 e. The Labute approximate surface area is 130 Å². The molecule has 1 N–H and O–H groups in total. The van der Waals surface area contributed by atoms with E-state index in [-0.39, 0.29) is 6.61 Å². The van der Waals surface area contributed by atoms with E-state index in [2.05, 4.69) is 4.98 Å². The minimum absolute atomic E-state index is 0.172. The zero-order valence-electron chi connectivity index (χ0n) is 12.3. The summed E-state index contributed by atoms with van der Waals surface area (Å²) in [4.78, 5) is 9.35. The molecule has 1 aromatic heterocycles. The summed E-state index contributed by atoms with van der Waals surface area (Å²) in [6.45, 7) is 0.172. The second-order valence-electron chi connectivity index (χ2n) is 5.13. The van der Waals surface area contributed by atoms with Crippen LogP contribution < -0.4 is 0 Å². The van der Waals surface area contributed by atoms with E-state index in [0.29, 0.717) is 6.42 Å². The molecule has 3 heteroatoms. The molecule has 0 saturated carbocycles. The topological polar surface area (TPSA) is 46.0 Å². The molecule has 0 aliphatic heterocycles. The number of hydrogen-bond donors (Lipinski definition) is 1. The number of nitrogens with zero attached hydrogens (tertiary/aromatic N) is 2. The molecule has 0 radical (unpaired) electrons. The molecule has 0 saturated heterocycles. The van der Waals surface area contributed by atoms with Gasteiger partial charge in [0.25, 0.3) is 0 Å². The van der Waals surface area contributed by atoms with Gasteiger partial charge in [0.2, 0.25) is 0 Å². The predicted octanol–water partition coefficient (Wildman–Crippen LogP) is 3.74. The van der Waals surface area contributed by atoms with Crippen LogP contribution in [0.1, 0.15) is 12.1 Å². The number of aliphatic hydroxyl groups excluding tert-OH is 1. The quantitative estimate of drug-likeness (QED) is 0.778. The van der Waals surface area contributed by atoms with Gasteiger partial charge in [-0.1, -0.05) is 60.7 Å². The molecule has 3 rings (SSSR count). The molecule has 0 bridgehead atoms. The van der Waals surface area contributed by atoms with E-state index in [4.69, 9.17) is 10.1 Å². The number of hydrogen-bond acceptors (Lipinski definition) is 3. The summed E-state index contributed by atoms with van der Waals surface area (Å²) >= 11 is 0. The molecular formula is C19H18N2O. The predicted molar refractivity (Wildman–Crippen MR) is 88.3 cm³/mol. The van der Waals surface area contributed by atoms with Crippen molar-refractivity contribution in [1.82, 2.24) is 9.97 Å². The van der Waals surface area contributed by atoms with Crippen molar-refractivity contribution < 1.29 is 5.11 Å². The first-order valence-electron chi connectivity index (χ1n) is 7.46. The third-order valence-corrected chi connectivity index (χ3v) is 3.47. The van der Waals surface area contributed by atoms with Gasteiger partial charge in [-0.15, -0.1) is 0 Å². The van der Waals surface area contributed by atoms with E-state index < -0.39 is 0 Å². The Balaban J connectivity index is 2.06. The number of aliphatic hydroxyl groups is 1. The summed E-state index contributed by atoms with van der Waals surface area (Å²) in [5.74, 6) is 0.731. The molecule has 0 fully saturated rings. The van der Waals surface area contributed by atoms with Crippen LogP contribution in [0.25, 0.3) is 22.6 Å². The number of aromatic nitrogens is 2. The maximum Gasteiger partial charge on any atom is 0.160 e. The van der Waals surface area contributed by atoms with Gasteiger partial charge in [-0.05, 0) is 18.9 Å². The van der Waals surface area contributed by atoms with Crippen LogP contribution in [0.3, 0.4) is 0 Å². The molecule has 3 nitrogen and oxygen atoms in total. The lowest BCUT2D eigenvalue weighted by Crippen LogP contribution is -1.99. The molecule has 0 aliphatic carbocycles. The van der Waals surface area contributed by atoms with Gasteiger partial charge < -0.3 is 5.11 Å². The molecule has 0 unspecified atom stereocenters. The molecule has 3 aromatic rings. The average molecular weight is 290 g/mol. The van der Waals surface area contributed by atoms with Crippen LogP contribution in [-0.4, -0.2) is 21.7 Å². The SMILES string of the molecule is OCCCc1cc(-c2ccccc2)nc(-c2ccccc2)n1. The van der Waals surface area contributed by atoms with Crippen molar-refractivity contribution in [3.8, 4) is 22.6 Å². The van der Waals surface area contributed by atoms with Crippen LogP contribution in [0.2, 0.25) is 0 Å². The first kappa shape index (κ1) is 14.4. The van der Waals surface area contributed by atoms with E-state index >= 15 is 0 Å². The molecule has 2 aromatic carbocycles. The zero-order valence-corrected chi connectivity index (χ0v) is 12.3. The Kier molecular flexibility index (Phi) is 4.56. The van der Waals surface area contributed by atoms with Gasteiger partial charge in [0.1, 0.15) is 0 Å². The highest BCUT2D eigenvalue weighted by Gasteiger charge is 2.08. The summed E-state index contributed by atoms with van der Waals surface area (Å²) < 4.78 is 0. The van der Waals surface area contributed by atoms with Gasteiger partial charge in [0.15, 0.2) is 5.82 Å². The van der Waals surface area contributed by atoms with Crippen LogP contribution in [-0.2, 0) is 6.42 Å². The highest BCUT2D eigenvalue weighted by atomic mass is 16.2. The molecule has 22 heavy (non-hydrogen) atoms. The third-order valence-electron chi connectivity index (χ3n) is 3.47. The van der Waals surface area contributed by atoms with E-state index in [9.17, 15) is 0 Å². The first-order chi connectivity index (χ1) is 10.9. The Morgan fingerprint density at radius 3 is 2.05 bits per heavy atom. The second kappa shape index (κ2) is 6.96. The van der Waals surface area contributed by atoms with Crippen molar-refractivity contribution in [3.63, 3.8) is 0 Å². The number of rotatable bonds is 5. The summed E-state index contributed by atoms with van der Waals surface area (Å²) in [5.41, 5.74) is 3.96. The lowest BCUT2D eigenvalue weighted by Gasteiger charge is -2.08. The Bertz CT molecular complexity index is 669. The van der Waals surface area contributed by atoms with Crippen LogP contribution in [0, 0.1) is 0 Å². The maximum absolute atomic E-state index is 9.06. The highest BCUT2D eigenvalue weighted by Crippen LogP contribution is 2.22. The number of benzene rings is 2. The third kappa shape index (κ3) is 3.38. The Hall–Kier alpha value is -2.52. The van der Waals surface area contributed by atoms with Gasteiger partial charge in [-0.2, -0.15) is 0 Å². The van der Waals surface area contributed by atoms with Gasteiger partial charge in [0, 0.05) is 23.4 Å². The van der Waals surface area contributed by atoms with Gasteiger partial charge >= 0.3 is 0 Å². The molecule has 1 heterocycles. The normalized spacial score (nSPS) is 10.6. The van der Waals surface area contributed by atoms with Crippen molar-refractivity contribution in [1.29, 1.82) is 0 Å². The largest absolute Gasteiger partial charge is 0.396 e. The molecule has 0 atom stereocenters. The zero-order chi connectivity index (χ0) is 15.2. The van der Waals surface area contributed by atoms with Gasteiger partial charge in [-0.3, -0.25) is 0 Å². The van der Waals surface area contributed by atoms with E-state index in [1.807, 2.05) is 66.7 Å². The molecule has 0 aliphatic rings. The Morgan fingerprint density at radius 2 is 1.41 bits per heavy atom. The fraction of sp³-hybridized carbons (Fsp3) is 0.158. The molecule has 0 amide bonds. The second-order valence-corrected chi connectivity index (χ2v) is 5.13. The van der Waals surface area contributed by atoms with Crippen molar-refractivity contribution >= 4 is 0 Å². The van der Waals surface area contributed by atoms with Crippen molar-refractivity contribution in [3.05, 3.63) is 72.4 Å². The standard InChI is InChI=1S/C19H18N2O/c22-13-7-12-17-14-18(15-8-3-1-4-9-15)21-19(20-17)16-10-5-2-6-11-16/h1-6,8-11,14,22H,7,12-13H2. The number of aryl methyl sites for hydroxylation is 1. The minimum Gasteiger partial charge on any atom is -0.396 e. The van der Waals surface area contributed by atoms with E-state index in [1.54, 1.807) is 0 Å². The molecule has 0 spiro atoms. The van der Waals surface area contributed by atoms with Crippen molar-refractivity contribution in [2.45, 2.75) is 12.8 Å². The van der Waals surface area contributed by atoms with Gasteiger partial charge in [0.05, 0.1) is 5.69 Å². The molecular weight excluding hydrogens is 272 g/mol. The monoisotopic (exact) mass is 290 g/mol. The van der Waals surface area contributed by atoms with Crippen LogP contribution in [0.15, 0.2) is 66.7 Å². The Morgan fingerprint density at radius 1 is 0.773 bits per heavy atom. The lowest BCUT2D eigenvalue weighted by atomic mass is 10.1. The van der Waals surface area contributed by atoms with Gasteiger partial charge in [-0.25, -0.2) is 9.97 Å². The first-order valence-corrected chi connectivity index (χ1v) is 7.46. The average Bonchev–Trinajstić information content (AvgIpc) is 2.61.